The number of rotatable bonds is 7. The molecule has 0 unspecified atom stereocenters. The van der Waals surface area contributed by atoms with Crippen molar-refractivity contribution in [3.8, 4) is 0 Å². The number of carbonyl (C=O) groups excluding carboxylic acids is 1. The number of halogens is 2. The van der Waals surface area contributed by atoms with Gasteiger partial charge in [-0.25, -0.2) is 8.42 Å². The summed E-state index contributed by atoms with van der Waals surface area (Å²) < 4.78 is 26.4. The molecule has 204 valence electrons. The molecule has 3 aromatic carbocycles. The van der Waals surface area contributed by atoms with Crippen LogP contribution in [-0.4, -0.2) is 20.6 Å². The Labute approximate surface area is 240 Å². The lowest BCUT2D eigenvalue weighted by atomic mass is 9.48. The highest BCUT2D eigenvalue weighted by Crippen LogP contribution is 2.60. The third kappa shape index (κ3) is 5.31. The second-order valence-corrected chi connectivity index (χ2v) is 14.5. The van der Waals surface area contributed by atoms with E-state index in [1.54, 1.807) is 42.5 Å². The van der Waals surface area contributed by atoms with Crippen LogP contribution < -0.4 is 9.62 Å². The molecule has 4 fully saturated rings. The molecular weight excluding hydrogens is 551 g/mol. The quantitative estimate of drug-likeness (QED) is 0.310. The third-order valence-corrected chi connectivity index (χ3v) is 10.8. The summed E-state index contributed by atoms with van der Waals surface area (Å²) in [6, 6.07) is 20.0. The summed E-state index contributed by atoms with van der Waals surface area (Å²) in [5.74, 6) is 2.42. The molecule has 0 aromatic heterocycles. The van der Waals surface area contributed by atoms with Crippen molar-refractivity contribution in [3.63, 3.8) is 0 Å². The van der Waals surface area contributed by atoms with E-state index in [-0.39, 0.29) is 12.5 Å². The molecule has 7 rings (SSSR count). The number of amides is 1. The normalized spacial score (nSPS) is 25.5. The Kier molecular flexibility index (Phi) is 6.93. The molecule has 8 heteroatoms. The number of anilines is 2. The van der Waals surface area contributed by atoms with Crippen LogP contribution in [0.25, 0.3) is 0 Å². The molecular formula is C31H32Cl2N2O3S. The van der Waals surface area contributed by atoms with Gasteiger partial charge in [0.25, 0.3) is 5.91 Å². The summed E-state index contributed by atoms with van der Waals surface area (Å²) in [4.78, 5) is 13.0. The lowest BCUT2D eigenvalue weighted by molar-refractivity contribution is -0.00518. The van der Waals surface area contributed by atoms with Gasteiger partial charge in [0.2, 0.25) is 10.0 Å². The van der Waals surface area contributed by atoms with Gasteiger partial charge in [-0.3, -0.25) is 9.10 Å². The lowest BCUT2D eigenvalue weighted by Crippen LogP contribution is -2.48. The molecule has 1 amide bonds. The monoisotopic (exact) mass is 582 g/mol. The van der Waals surface area contributed by atoms with Crippen LogP contribution in [0.2, 0.25) is 10.0 Å². The molecule has 4 bridgehead atoms. The second kappa shape index (κ2) is 10.1. The smallest absolute Gasteiger partial charge is 0.255 e. The zero-order chi connectivity index (χ0) is 27.4. The summed E-state index contributed by atoms with van der Waals surface area (Å²) >= 11 is 12.6. The van der Waals surface area contributed by atoms with Crippen LogP contribution in [0.3, 0.4) is 0 Å². The molecule has 1 N–H and O–H groups in total. The molecule has 0 atom stereocenters. The van der Waals surface area contributed by atoms with Gasteiger partial charge in [0.1, 0.15) is 0 Å². The van der Waals surface area contributed by atoms with E-state index in [4.69, 9.17) is 23.2 Å². The lowest BCUT2D eigenvalue weighted by Gasteiger charge is -2.57. The highest BCUT2D eigenvalue weighted by molar-refractivity contribution is 7.92. The molecule has 5 nitrogen and oxygen atoms in total. The first-order valence-electron chi connectivity index (χ1n) is 13.5. The predicted octanol–water partition coefficient (Wildman–Crippen LogP) is 7.68. The largest absolute Gasteiger partial charge is 0.322 e. The number of hydrogen-bond donors (Lipinski definition) is 1. The van der Waals surface area contributed by atoms with Crippen LogP contribution in [0.4, 0.5) is 11.4 Å². The number of hydrogen-bond acceptors (Lipinski definition) is 3. The minimum atomic E-state index is -3.64. The maximum atomic E-state index is 13.0. The predicted molar refractivity (Wildman–Crippen MR) is 158 cm³/mol. The van der Waals surface area contributed by atoms with Crippen molar-refractivity contribution in [1.82, 2.24) is 0 Å². The topological polar surface area (TPSA) is 66.5 Å². The van der Waals surface area contributed by atoms with E-state index in [1.807, 2.05) is 12.1 Å². The summed E-state index contributed by atoms with van der Waals surface area (Å²) in [5, 5.41) is 3.77. The van der Waals surface area contributed by atoms with Crippen LogP contribution >= 0.6 is 23.2 Å². The van der Waals surface area contributed by atoms with E-state index in [2.05, 4.69) is 17.4 Å². The Balaban J connectivity index is 1.15. The van der Waals surface area contributed by atoms with E-state index >= 15 is 0 Å². The fourth-order valence-corrected chi connectivity index (χ4v) is 8.97. The standard InChI is InChI=1S/C31H32Cl2N2O3S/c1-39(37,38)35(19-27-28(32)3-2-4-29(27)33)26-11-5-23(6-12-26)30(36)34-25-9-7-24(8-10-25)31-16-20-13-21(17-31)15-22(14-20)18-31/h2-12,20-22H,13-19H2,1H3,(H,34,36). The SMILES string of the molecule is CS(=O)(=O)N(Cc1c(Cl)cccc1Cl)c1ccc(C(=O)Nc2ccc(C34CC5CC(CC(C5)C3)C4)cc2)cc1. The van der Waals surface area contributed by atoms with Gasteiger partial charge in [-0.2, -0.15) is 0 Å². The highest BCUT2D eigenvalue weighted by Gasteiger charge is 2.51. The molecule has 39 heavy (non-hydrogen) atoms. The van der Waals surface area contributed by atoms with E-state index < -0.39 is 10.0 Å². The van der Waals surface area contributed by atoms with E-state index in [9.17, 15) is 13.2 Å². The van der Waals surface area contributed by atoms with Gasteiger partial charge in [0.05, 0.1) is 18.5 Å². The summed E-state index contributed by atoms with van der Waals surface area (Å²) in [6.07, 6.45) is 9.32. The minimum Gasteiger partial charge on any atom is -0.322 e. The van der Waals surface area contributed by atoms with Crippen molar-refractivity contribution in [3.05, 3.63) is 93.5 Å². The Morgan fingerprint density at radius 1 is 0.872 bits per heavy atom. The second-order valence-electron chi connectivity index (χ2n) is 11.7. The molecule has 0 spiro atoms. The van der Waals surface area contributed by atoms with Gasteiger partial charge in [-0.1, -0.05) is 41.4 Å². The van der Waals surface area contributed by atoms with Gasteiger partial charge in [0, 0.05) is 26.9 Å². The summed E-state index contributed by atoms with van der Waals surface area (Å²) in [7, 11) is -3.64. The van der Waals surface area contributed by atoms with Gasteiger partial charge in [0.15, 0.2) is 0 Å². The Hall–Kier alpha value is -2.54. The molecule has 4 aliphatic carbocycles. The van der Waals surface area contributed by atoms with Crippen LogP contribution in [-0.2, 0) is 22.0 Å². The zero-order valence-electron chi connectivity index (χ0n) is 21.9. The van der Waals surface area contributed by atoms with Crippen molar-refractivity contribution in [1.29, 1.82) is 0 Å². The number of nitrogens with zero attached hydrogens (tertiary/aromatic N) is 1. The van der Waals surface area contributed by atoms with E-state index in [1.165, 1.54) is 48.4 Å². The van der Waals surface area contributed by atoms with Gasteiger partial charge in [-0.15, -0.1) is 0 Å². The van der Waals surface area contributed by atoms with Crippen molar-refractivity contribution < 1.29 is 13.2 Å². The molecule has 4 saturated carbocycles. The number of nitrogens with one attached hydrogen (secondary N) is 1. The highest BCUT2D eigenvalue weighted by atomic mass is 35.5. The zero-order valence-corrected chi connectivity index (χ0v) is 24.2. The fraction of sp³-hybridized carbons (Fsp3) is 0.387. The van der Waals surface area contributed by atoms with Crippen molar-refractivity contribution in [2.45, 2.75) is 50.5 Å². The summed E-state index contributed by atoms with van der Waals surface area (Å²) in [6.45, 7) is -0.0149. The minimum absolute atomic E-state index is 0.0149. The van der Waals surface area contributed by atoms with E-state index in [0.29, 0.717) is 32.3 Å². The fourth-order valence-electron chi connectivity index (χ4n) is 7.58. The first-order valence-corrected chi connectivity index (χ1v) is 16.1. The van der Waals surface area contributed by atoms with Crippen LogP contribution in [0.15, 0.2) is 66.7 Å². The molecule has 0 saturated heterocycles. The first-order chi connectivity index (χ1) is 18.6. The van der Waals surface area contributed by atoms with Crippen LogP contribution in [0.5, 0.6) is 0 Å². The van der Waals surface area contributed by atoms with Gasteiger partial charge >= 0.3 is 0 Å². The maximum absolute atomic E-state index is 13.0. The van der Waals surface area contributed by atoms with E-state index in [0.717, 1.165) is 29.7 Å². The third-order valence-electron chi connectivity index (χ3n) is 8.97. The average molecular weight is 584 g/mol. The van der Waals surface area contributed by atoms with Crippen LogP contribution in [0, 0.1) is 17.8 Å². The van der Waals surface area contributed by atoms with Crippen molar-refractivity contribution >= 4 is 50.5 Å². The molecule has 0 aliphatic heterocycles. The Morgan fingerprint density at radius 3 is 1.92 bits per heavy atom. The average Bonchev–Trinajstić information content (AvgIpc) is 2.87. The molecule has 4 aliphatic rings. The Bertz CT molecular complexity index is 1450. The number of benzene rings is 3. The first kappa shape index (κ1) is 26.7. The Morgan fingerprint density at radius 2 is 1.41 bits per heavy atom. The van der Waals surface area contributed by atoms with Crippen LogP contribution in [0.1, 0.15) is 60.0 Å². The molecule has 0 radical (unpaired) electrons. The maximum Gasteiger partial charge on any atom is 0.255 e. The van der Waals surface area contributed by atoms with Gasteiger partial charge < -0.3 is 5.32 Å². The van der Waals surface area contributed by atoms with Crippen molar-refractivity contribution in [2.75, 3.05) is 15.9 Å². The molecule has 0 heterocycles. The summed E-state index contributed by atoms with van der Waals surface area (Å²) in [5.41, 5.74) is 3.88. The van der Waals surface area contributed by atoms with Crippen molar-refractivity contribution in [2.24, 2.45) is 17.8 Å². The number of carbonyl (C=O) groups is 1. The van der Waals surface area contributed by atoms with Gasteiger partial charge in [-0.05, 0) is 116 Å². The number of sulfonamides is 1. The molecule has 3 aromatic rings.